The van der Waals surface area contributed by atoms with Gasteiger partial charge < -0.3 is 9.64 Å². The Morgan fingerprint density at radius 2 is 2.17 bits per heavy atom. The third kappa shape index (κ3) is 1.70. The van der Waals surface area contributed by atoms with Crippen LogP contribution in [-0.4, -0.2) is 25.1 Å². The third-order valence-electron chi connectivity index (χ3n) is 1.94. The second-order valence-corrected chi connectivity index (χ2v) is 2.78. The summed E-state index contributed by atoms with van der Waals surface area (Å²) in [6.45, 7) is 9.23. The van der Waals surface area contributed by atoms with Crippen LogP contribution in [0, 0.1) is 0 Å². The van der Waals surface area contributed by atoms with E-state index in [1.807, 2.05) is 13.1 Å². The maximum atomic E-state index is 5.47. The third-order valence-corrected chi connectivity index (χ3v) is 1.94. The molecule has 0 fully saturated rings. The summed E-state index contributed by atoms with van der Waals surface area (Å²) in [6, 6.07) is 0. The minimum absolute atomic E-state index is 0.767. The molecule has 0 aromatic rings. The Morgan fingerprint density at radius 1 is 1.42 bits per heavy atom. The molecule has 0 saturated carbocycles. The van der Waals surface area contributed by atoms with Crippen molar-refractivity contribution in [1.82, 2.24) is 4.90 Å². The topological polar surface area (TPSA) is 12.5 Å². The van der Waals surface area contributed by atoms with Crippen molar-refractivity contribution >= 4 is 0 Å². The van der Waals surface area contributed by atoms with Crippen molar-refractivity contribution in [3.05, 3.63) is 36.8 Å². The fraction of sp³-hybridized carbons (Fsp3) is 0.400. The molecule has 0 atom stereocenters. The molecule has 66 valence electrons. The molecule has 0 N–H and O–H groups in total. The summed E-state index contributed by atoms with van der Waals surface area (Å²) in [6.07, 6.45) is 4.59. The highest BCUT2D eigenvalue weighted by molar-refractivity contribution is 5.26. The van der Waals surface area contributed by atoms with Crippen molar-refractivity contribution in [2.75, 3.05) is 20.2 Å². The summed E-state index contributed by atoms with van der Waals surface area (Å²) in [4.78, 5) is 2.14. The highest BCUT2D eigenvalue weighted by Gasteiger charge is 2.11. The van der Waals surface area contributed by atoms with Crippen LogP contribution in [0.25, 0.3) is 0 Å². The van der Waals surface area contributed by atoms with Gasteiger partial charge in [-0.15, -0.1) is 0 Å². The van der Waals surface area contributed by atoms with Crippen LogP contribution in [0.1, 0.15) is 6.42 Å². The highest BCUT2D eigenvalue weighted by Crippen LogP contribution is 2.16. The lowest BCUT2D eigenvalue weighted by atomic mass is 10.3. The van der Waals surface area contributed by atoms with Crippen molar-refractivity contribution in [2.24, 2.45) is 0 Å². The van der Waals surface area contributed by atoms with Gasteiger partial charge >= 0.3 is 0 Å². The largest absolute Gasteiger partial charge is 0.491 e. The number of ether oxygens (including phenoxy) is 1. The van der Waals surface area contributed by atoms with Crippen LogP contribution in [0.2, 0.25) is 0 Å². The van der Waals surface area contributed by atoms with Gasteiger partial charge in [-0.25, -0.2) is 0 Å². The van der Waals surface area contributed by atoms with Gasteiger partial charge in [-0.1, -0.05) is 13.2 Å². The Morgan fingerprint density at radius 3 is 2.75 bits per heavy atom. The molecule has 0 bridgehead atoms. The molecular weight excluding hydrogens is 150 g/mol. The summed E-state index contributed by atoms with van der Waals surface area (Å²) >= 11 is 0. The average molecular weight is 165 g/mol. The number of rotatable bonds is 2. The number of nitrogens with zero attached hydrogens (tertiary/aromatic N) is 1. The second-order valence-electron chi connectivity index (χ2n) is 2.78. The number of allylic oxidation sites excluding steroid dienone is 2. The molecule has 1 aliphatic rings. The lowest BCUT2D eigenvalue weighted by molar-refractivity contribution is 0.226. The number of hydrogen-bond acceptors (Lipinski definition) is 2. The average Bonchev–Trinajstić information content (AvgIpc) is 2.26. The molecule has 12 heavy (non-hydrogen) atoms. The first kappa shape index (κ1) is 8.91. The van der Waals surface area contributed by atoms with Crippen molar-refractivity contribution < 1.29 is 4.74 Å². The van der Waals surface area contributed by atoms with Crippen molar-refractivity contribution in [3.8, 4) is 0 Å². The highest BCUT2D eigenvalue weighted by atomic mass is 16.5. The van der Waals surface area contributed by atoms with E-state index in [1.165, 1.54) is 0 Å². The lowest BCUT2D eigenvalue weighted by Gasteiger charge is -2.17. The van der Waals surface area contributed by atoms with Gasteiger partial charge in [0.1, 0.15) is 5.76 Å². The Kier molecular flexibility index (Phi) is 2.97. The van der Waals surface area contributed by atoms with Crippen LogP contribution in [-0.2, 0) is 4.74 Å². The summed E-state index contributed by atoms with van der Waals surface area (Å²) in [5, 5.41) is 0. The second kappa shape index (κ2) is 4.00. The molecule has 1 rings (SSSR count). The Labute approximate surface area is 73.8 Å². The standard InChI is InChI=1S/C10H15NO/c1-4-9-10(5-2)12-8-6-7-11(9)3/h4-5H,1-2,6-8H2,3H3. The Balaban J connectivity index is 2.93. The predicted molar refractivity (Wildman–Crippen MR) is 50.6 cm³/mol. The minimum atomic E-state index is 0.767. The van der Waals surface area contributed by atoms with E-state index in [0.717, 1.165) is 31.0 Å². The van der Waals surface area contributed by atoms with Gasteiger partial charge in [0.15, 0.2) is 0 Å². The van der Waals surface area contributed by atoms with E-state index in [9.17, 15) is 0 Å². The molecule has 0 aromatic carbocycles. The zero-order chi connectivity index (χ0) is 8.97. The van der Waals surface area contributed by atoms with Crippen LogP contribution < -0.4 is 0 Å². The summed E-state index contributed by atoms with van der Waals surface area (Å²) < 4.78 is 5.47. The van der Waals surface area contributed by atoms with E-state index in [-0.39, 0.29) is 0 Å². The molecule has 0 saturated heterocycles. The van der Waals surface area contributed by atoms with Crippen LogP contribution in [0.4, 0.5) is 0 Å². The van der Waals surface area contributed by atoms with Crippen LogP contribution in [0.15, 0.2) is 36.8 Å². The maximum Gasteiger partial charge on any atom is 0.141 e. The normalized spacial score (nSPS) is 18.2. The Bertz CT molecular complexity index is 218. The van der Waals surface area contributed by atoms with Gasteiger partial charge in [-0.05, 0) is 18.6 Å². The molecule has 0 aliphatic carbocycles. The summed E-state index contributed by atoms with van der Waals surface area (Å²) in [5.74, 6) is 0.838. The molecular formula is C10H15NO. The molecule has 0 unspecified atom stereocenters. The van der Waals surface area contributed by atoms with Gasteiger partial charge in [0, 0.05) is 13.6 Å². The van der Waals surface area contributed by atoms with Crippen LogP contribution >= 0.6 is 0 Å². The zero-order valence-electron chi connectivity index (χ0n) is 7.55. The fourth-order valence-electron chi connectivity index (χ4n) is 1.29. The van der Waals surface area contributed by atoms with Gasteiger partial charge in [-0.2, -0.15) is 0 Å². The molecule has 0 radical (unpaired) electrons. The first-order valence-corrected chi connectivity index (χ1v) is 4.12. The molecule has 0 spiro atoms. The number of likely N-dealkylation sites (N-methyl/N-ethyl adjacent to an activating group) is 1. The van der Waals surface area contributed by atoms with Crippen molar-refractivity contribution in [2.45, 2.75) is 6.42 Å². The smallest absolute Gasteiger partial charge is 0.141 e. The van der Waals surface area contributed by atoms with Gasteiger partial charge in [-0.3, -0.25) is 0 Å². The zero-order valence-corrected chi connectivity index (χ0v) is 7.55. The van der Waals surface area contributed by atoms with Crippen molar-refractivity contribution in [3.63, 3.8) is 0 Å². The van der Waals surface area contributed by atoms with E-state index in [1.54, 1.807) is 6.08 Å². The summed E-state index contributed by atoms with van der Waals surface area (Å²) in [5.41, 5.74) is 1.03. The fourth-order valence-corrected chi connectivity index (χ4v) is 1.29. The van der Waals surface area contributed by atoms with E-state index in [0.29, 0.717) is 0 Å². The van der Waals surface area contributed by atoms with E-state index in [4.69, 9.17) is 4.74 Å². The van der Waals surface area contributed by atoms with E-state index >= 15 is 0 Å². The van der Waals surface area contributed by atoms with Crippen molar-refractivity contribution in [1.29, 1.82) is 0 Å². The van der Waals surface area contributed by atoms with Crippen LogP contribution in [0.3, 0.4) is 0 Å². The SMILES string of the molecule is C=CC1=C(C=C)N(C)CCCO1. The molecule has 0 amide bonds. The van der Waals surface area contributed by atoms with Crippen LogP contribution in [0.5, 0.6) is 0 Å². The quantitative estimate of drug-likeness (QED) is 0.620. The molecule has 1 heterocycles. The lowest BCUT2D eigenvalue weighted by Crippen LogP contribution is -2.17. The monoisotopic (exact) mass is 165 g/mol. The first-order valence-electron chi connectivity index (χ1n) is 4.12. The maximum absolute atomic E-state index is 5.47. The minimum Gasteiger partial charge on any atom is -0.491 e. The molecule has 2 heteroatoms. The number of hydrogen-bond donors (Lipinski definition) is 0. The molecule has 0 aromatic heterocycles. The van der Waals surface area contributed by atoms with Gasteiger partial charge in [0.05, 0.1) is 12.3 Å². The van der Waals surface area contributed by atoms with Gasteiger partial charge in [0.25, 0.3) is 0 Å². The van der Waals surface area contributed by atoms with E-state index in [2.05, 4.69) is 18.1 Å². The molecule has 1 aliphatic heterocycles. The Hall–Kier alpha value is -1.18. The first-order chi connectivity index (χ1) is 5.79. The van der Waals surface area contributed by atoms with Gasteiger partial charge in [0.2, 0.25) is 0 Å². The summed E-state index contributed by atoms with van der Waals surface area (Å²) in [7, 11) is 2.04. The predicted octanol–water partition coefficient (Wildman–Crippen LogP) is 1.92. The molecule has 2 nitrogen and oxygen atoms in total. The van der Waals surface area contributed by atoms with E-state index < -0.39 is 0 Å².